The van der Waals surface area contributed by atoms with Crippen LogP contribution in [0.15, 0.2) is 119 Å². The molecule has 0 aromatic carbocycles. The van der Waals surface area contributed by atoms with Gasteiger partial charge in [-0.15, -0.1) is 0 Å². The Morgan fingerprint density at radius 1 is 0.569 bits per heavy atom. The summed E-state index contributed by atoms with van der Waals surface area (Å²) in [4.78, 5) is 0. The number of allylic oxidation sites excluding steroid dienone is 20. The van der Waals surface area contributed by atoms with Crippen LogP contribution in [0.3, 0.4) is 0 Å². The van der Waals surface area contributed by atoms with Crippen molar-refractivity contribution in [3.05, 3.63) is 119 Å². The molecule has 0 aliphatic carbocycles. The van der Waals surface area contributed by atoms with E-state index >= 15 is 0 Å². The van der Waals surface area contributed by atoms with Crippen molar-refractivity contribution in [3.8, 4) is 0 Å². The van der Waals surface area contributed by atoms with Gasteiger partial charge in [0.15, 0.2) is 0 Å². The lowest BCUT2D eigenvalue weighted by molar-refractivity contribution is 0.0142. The van der Waals surface area contributed by atoms with Crippen LogP contribution < -0.4 is 0 Å². The normalized spacial score (nSPS) is 16.9. The summed E-state index contributed by atoms with van der Waals surface area (Å²) < 4.78 is 0. The minimum absolute atomic E-state index is 0.151. The van der Waals surface area contributed by atoms with Crippen molar-refractivity contribution in [1.29, 1.82) is 0 Å². The van der Waals surface area contributed by atoms with Crippen LogP contribution >= 0.6 is 0 Å². The van der Waals surface area contributed by atoms with Gasteiger partial charge < -0.3 is 0 Å². The topological polar surface area (TPSA) is 0 Å². The quantitative estimate of drug-likeness (QED) is 0.0353. The van der Waals surface area contributed by atoms with Crippen LogP contribution in [0.4, 0.5) is 0 Å². The Balaban J connectivity index is 9.49. The summed E-state index contributed by atoms with van der Waals surface area (Å²) in [5.74, 6) is 1.03. The Labute approximate surface area is 365 Å². The highest BCUT2D eigenvalue weighted by molar-refractivity contribution is 5.38. The third kappa shape index (κ3) is 20.6. The second-order valence-corrected chi connectivity index (χ2v) is 18.0. The third-order valence-electron chi connectivity index (χ3n) is 12.4. The highest BCUT2D eigenvalue weighted by atomic mass is 14.6. The zero-order chi connectivity index (χ0) is 43.7. The maximum Gasteiger partial charge on any atom is 0.00570 e. The van der Waals surface area contributed by atoms with E-state index in [1.165, 1.54) is 56.1 Å². The SMILES string of the molecule is CC=C(C)CC(CC(C)=C(C)C)(C(/C=C/CCCC)/C(CC=CCCC)=C(\C=C\CCCCC)CCC=CCC)C(C=CC(C)C)(CC=CCC)C(C)C=CCCC. The summed E-state index contributed by atoms with van der Waals surface area (Å²) >= 11 is 0. The molecule has 0 heteroatoms. The van der Waals surface area contributed by atoms with Crippen molar-refractivity contribution >= 4 is 0 Å². The number of rotatable bonds is 33. The zero-order valence-corrected chi connectivity index (χ0v) is 41.3. The first kappa shape index (κ1) is 55.4. The van der Waals surface area contributed by atoms with Crippen LogP contribution in [0.2, 0.25) is 0 Å². The van der Waals surface area contributed by atoms with Gasteiger partial charge in [-0.2, -0.15) is 0 Å². The van der Waals surface area contributed by atoms with Crippen molar-refractivity contribution in [1.82, 2.24) is 0 Å². The predicted molar refractivity (Wildman–Crippen MR) is 269 cm³/mol. The van der Waals surface area contributed by atoms with E-state index < -0.39 is 0 Å². The van der Waals surface area contributed by atoms with Crippen LogP contribution in [-0.2, 0) is 0 Å². The molecule has 0 aromatic heterocycles. The maximum atomic E-state index is 2.77. The van der Waals surface area contributed by atoms with Crippen LogP contribution in [0.5, 0.6) is 0 Å². The smallest absolute Gasteiger partial charge is 0.00570 e. The minimum Gasteiger partial charge on any atom is -0.0888 e. The fourth-order valence-corrected chi connectivity index (χ4v) is 8.58. The maximum absolute atomic E-state index is 2.77. The van der Waals surface area contributed by atoms with Gasteiger partial charge in [0.25, 0.3) is 0 Å². The first-order chi connectivity index (χ1) is 27.9. The lowest BCUT2D eigenvalue weighted by Gasteiger charge is -2.57. The Bertz CT molecular complexity index is 1350. The van der Waals surface area contributed by atoms with Crippen molar-refractivity contribution in [2.45, 2.75) is 219 Å². The van der Waals surface area contributed by atoms with Gasteiger partial charge in [0.2, 0.25) is 0 Å². The molecule has 0 N–H and O–H groups in total. The van der Waals surface area contributed by atoms with E-state index in [0.717, 1.165) is 77.0 Å². The molecule has 58 heavy (non-hydrogen) atoms. The Hall–Kier alpha value is -2.60. The zero-order valence-electron chi connectivity index (χ0n) is 41.3. The van der Waals surface area contributed by atoms with Crippen molar-refractivity contribution < 1.29 is 0 Å². The molecule has 0 radical (unpaired) electrons. The average Bonchev–Trinajstić information content (AvgIpc) is 3.20. The highest BCUT2D eigenvalue weighted by Crippen LogP contribution is 2.63. The standard InChI is InChI=1S/C58H98/c1-15-22-28-32-35-41-54(40-34-29-23-16-2)55(42-36-30-24-17-3)56(43-37-31-25-18-4)58(47-51(12)21-7,48-52(13)50(10)11)57(45-38-27-20-6,46-44-49(8)9)53(14)39-33-26-19-5/h21,23,27,29-30,33,35-39,41,43-44,46,49,53,56H,15-20,22,24-26,28,31-32,34,40,42,45,47-48H2,1-14H3/b29-23?,36-30?,38-27?,39-33?,41-35+,43-37+,46-44?,51-21?,55-54-. The summed E-state index contributed by atoms with van der Waals surface area (Å²) in [7, 11) is 0. The third-order valence-corrected chi connectivity index (χ3v) is 12.4. The van der Waals surface area contributed by atoms with Crippen molar-refractivity contribution in [2.24, 2.45) is 28.6 Å². The largest absolute Gasteiger partial charge is 0.0888 e. The number of unbranched alkanes of at least 4 members (excludes halogenated alkanes) is 7. The Kier molecular flexibility index (Phi) is 32.6. The molecule has 0 aromatic rings. The molecule has 0 rings (SSSR count). The highest BCUT2D eigenvalue weighted by Gasteiger charge is 2.55. The summed E-state index contributed by atoms with van der Waals surface area (Å²) in [6, 6.07) is 0. The van der Waals surface area contributed by atoms with Gasteiger partial charge in [-0.3, -0.25) is 0 Å². The first-order valence-corrected chi connectivity index (χ1v) is 24.5. The molecule has 4 atom stereocenters. The van der Waals surface area contributed by atoms with Crippen LogP contribution in [0.1, 0.15) is 219 Å². The van der Waals surface area contributed by atoms with E-state index in [9.17, 15) is 0 Å². The summed E-state index contributed by atoms with van der Waals surface area (Å²) in [5.41, 5.74) is 7.42. The molecule has 0 fully saturated rings. The van der Waals surface area contributed by atoms with Gasteiger partial charge in [-0.1, -0.05) is 214 Å². The van der Waals surface area contributed by atoms with Gasteiger partial charge in [0, 0.05) is 11.3 Å². The van der Waals surface area contributed by atoms with Gasteiger partial charge in [-0.05, 0) is 141 Å². The van der Waals surface area contributed by atoms with Gasteiger partial charge >= 0.3 is 0 Å². The van der Waals surface area contributed by atoms with E-state index in [0.29, 0.717) is 11.8 Å². The molecule has 0 saturated carbocycles. The molecular weight excluding hydrogens is 697 g/mol. The molecule has 0 heterocycles. The molecule has 330 valence electrons. The van der Waals surface area contributed by atoms with E-state index in [4.69, 9.17) is 0 Å². The molecule has 0 saturated heterocycles. The molecule has 4 unspecified atom stereocenters. The molecule has 0 amide bonds. The lowest BCUT2D eigenvalue weighted by Crippen LogP contribution is -2.50. The van der Waals surface area contributed by atoms with E-state index in [1.54, 1.807) is 16.7 Å². The fourth-order valence-electron chi connectivity index (χ4n) is 8.58. The molecule has 0 nitrogen and oxygen atoms in total. The number of hydrogen-bond donors (Lipinski definition) is 0. The summed E-state index contributed by atoms with van der Waals surface area (Å²) in [6.07, 6.45) is 59.9. The van der Waals surface area contributed by atoms with Crippen LogP contribution in [0.25, 0.3) is 0 Å². The number of hydrogen-bond acceptors (Lipinski definition) is 0. The first-order valence-electron chi connectivity index (χ1n) is 24.5. The molecule has 0 spiro atoms. The van der Waals surface area contributed by atoms with Gasteiger partial charge in [0.1, 0.15) is 0 Å². The van der Waals surface area contributed by atoms with Crippen molar-refractivity contribution in [2.75, 3.05) is 0 Å². The van der Waals surface area contributed by atoms with Crippen LogP contribution in [0, 0.1) is 28.6 Å². The fraction of sp³-hybridized carbons (Fsp3) is 0.655. The predicted octanol–water partition coefficient (Wildman–Crippen LogP) is 19.9. The minimum atomic E-state index is -0.162. The average molecular weight is 795 g/mol. The monoisotopic (exact) mass is 795 g/mol. The van der Waals surface area contributed by atoms with Crippen molar-refractivity contribution in [3.63, 3.8) is 0 Å². The second kappa shape index (κ2) is 34.1. The Morgan fingerprint density at radius 3 is 1.79 bits per heavy atom. The molecule has 0 aliphatic heterocycles. The lowest BCUT2D eigenvalue weighted by atomic mass is 9.46. The molecular formula is C58H98. The van der Waals surface area contributed by atoms with E-state index in [2.05, 4.69) is 188 Å². The molecule has 0 bridgehead atoms. The van der Waals surface area contributed by atoms with E-state index in [-0.39, 0.29) is 16.7 Å². The Morgan fingerprint density at radius 2 is 1.19 bits per heavy atom. The summed E-state index contributed by atoms with van der Waals surface area (Å²) in [6.45, 7) is 33.0. The van der Waals surface area contributed by atoms with Crippen LogP contribution in [-0.4, -0.2) is 0 Å². The molecule has 0 aliphatic rings. The summed E-state index contributed by atoms with van der Waals surface area (Å²) in [5, 5.41) is 0. The second-order valence-electron chi connectivity index (χ2n) is 18.0. The van der Waals surface area contributed by atoms with E-state index in [1.807, 2.05) is 0 Å². The van der Waals surface area contributed by atoms with Gasteiger partial charge in [-0.25, -0.2) is 0 Å². The van der Waals surface area contributed by atoms with Gasteiger partial charge in [0.05, 0.1) is 0 Å².